The number of halogens is 1. The minimum Gasteiger partial charge on any atom is -1.00 e. The summed E-state index contributed by atoms with van der Waals surface area (Å²) in [7, 11) is 5.85. The lowest BCUT2D eigenvalue weighted by Crippen LogP contribution is -3.00. The fraction of sp³-hybridized carbons (Fsp3) is 0.222. The molecule has 0 bridgehead atoms. The molecule has 6 nitrogen and oxygen atoms in total. The van der Waals surface area contributed by atoms with E-state index in [0.29, 0.717) is 22.7 Å². The van der Waals surface area contributed by atoms with Gasteiger partial charge in [-0.3, -0.25) is 4.48 Å². The monoisotopic (exact) mass is 401 g/mol. The highest BCUT2D eigenvalue weighted by atomic mass is 79.9. The molecule has 0 aliphatic heterocycles. The van der Waals surface area contributed by atoms with Crippen LogP contribution in [-0.4, -0.2) is 41.6 Å². The highest BCUT2D eigenvalue weighted by molar-refractivity contribution is 5.55. The van der Waals surface area contributed by atoms with Crippen molar-refractivity contribution in [3.63, 3.8) is 0 Å². The first-order chi connectivity index (χ1) is 11.6. The van der Waals surface area contributed by atoms with Crippen molar-refractivity contribution in [2.24, 2.45) is 0 Å². The van der Waals surface area contributed by atoms with E-state index in [1.54, 1.807) is 7.11 Å². The molecule has 0 N–H and O–H groups in total. The van der Waals surface area contributed by atoms with Gasteiger partial charge in [-0.05, 0) is 36.4 Å². The molecule has 0 unspecified atom stereocenters. The number of quaternary nitrogens is 1. The molecule has 1 aromatic heterocycles. The van der Waals surface area contributed by atoms with E-state index in [-0.39, 0.29) is 17.0 Å². The van der Waals surface area contributed by atoms with Crippen LogP contribution in [0.4, 0.5) is 5.69 Å². The zero-order valence-corrected chi connectivity index (χ0v) is 16.0. The van der Waals surface area contributed by atoms with E-state index < -0.39 is 0 Å². The number of para-hydroxylation sites is 1. The molecule has 0 spiro atoms. The molecule has 7 heteroatoms. The van der Waals surface area contributed by atoms with Crippen LogP contribution in [0.2, 0.25) is 0 Å². The molecule has 0 amide bonds. The lowest BCUT2D eigenvalue weighted by atomic mass is 10.2. The van der Waals surface area contributed by atoms with Crippen molar-refractivity contribution in [3.05, 3.63) is 60.4 Å². The summed E-state index contributed by atoms with van der Waals surface area (Å²) < 4.78 is 5.78. The number of hydrogen-bond donors (Lipinski definition) is 0. The van der Waals surface area contributed by atoms with Gasteiger partial charge in [0.1, 0.15) is 18.0 Å². The van der Waals surface area contributed by atoms with E-state index in [4.69, 9.17) is 4.74 Å². The fourth-order valence-corrected chi connectivity index (χ4v) is 2.45. The summed E-state index contributed by atoms with van der Waals surface area (Å²) in [5.41, 5.74) is 2.04. The van der Waals surface area contributed by atoms with Crippen molar-refractivity contribution >= 4 is 5.69 Å². The number of hydrogen-bond acceptors (Lipinski definition) is 5. The number of nitrogens with zero attached hydrogens (tertiary/aromatic N) is 5. The van der Waals surface area contributed by atoms with Gasteiger partial charge in [-0.2, -0.15) is 0 Å². The lowest BCUT2D eigenvalue weighted by molar-refractivity contribution is -0.00000569. The summed E-state index contributed by atoms with van der Waals surface area (Å²) in [6, 6.07) is 17.7. The minimum atomic E-state index is 0. The molecular formula is C18H20BrN5O. The topological polar surface area (TPSA) is 60.8 Å². The van der Waals surface area contributed by atoms with Crippen molar-refractivity contribution in [1.82, 2.24) is 24.9 Å². The smallest absolute Gasteiger partial charge is 0.227 e. The SMILES string of the molecule is COc1ccc(-c2nnc(C[N+](C)(C)c3ccccc3)nn2)cc1.[Br-]. The molecule has 3 rings (SSSR count). The van der Waals surface area contributed by atoms with Crippen molar-refractivity contribution in [2.45, 2.75) is 6.54 Å². The maximum atomic E-state index is 5.15. The summed E-state index contributed by atoms with van der Waals surface area (Å²) >= 11 is 0. The molecule has 0 atom stereocenters. The van der Waals surface area contributed by atoms with Gasteiger partial charge in [0, 0.05) is 5.56 Å². The normalized spacial score (nSPS) is 10.8. The largest absolute Gasteiger partial charge is 1.00 e. The predicted octanol–water partition coefficient (Wildman–Crippen LogP) is -0.287. The number of aromatic nitrogens is 4. The molecule has 0 saturated heterocycles. The van der Waals surface area contributed by atoms with Gasteiger partial charge in [-0.25, -0.2) is 0 Å². The summed E-state index contributed by atoms with van der Waals surface area (Å²) in [5, 5.41) is 16.9. The van der Waals surface area contributed by atoms with Crippen LogP contribution in [0.15, 0.2) is 54.6 Å². The second-order valence-corrected chi connectivity index (χ2v) is 6.05. The van der Waals surface area contributed by atoms with Gasteiger partial charge in [0.2, 0.25) is 11.6 Å². The van der Waals surface area contributed by atoms with E-state index in [2.05, 4.69) is 46.6 Å². The summed E-state index contributed by atoms with van der Waals surface area (Å²) in [4.78, 5) is 0. The average Bonchev–Trinajstić information content (AvgIpc) is 2.63. The fourth-order valence-electron chi connectivity index (χ4n) is 2.45. The van der Waals surface area contributed by atoms with Crippen LogP contribution in [0, 0.1) is 0 Å². The summed E-state index contributed by atoms with van der Waals surface area (Å²) in [6.07, 6.45) is 0. The maximum absolute atomic E-state index is 5.15. The Balaban J connectivity index is 0.00000225. The van der Waals surface area contributed by atoms with Crippen LogP contribution < -0.4 is 26.2 Å². The number of benzene rings is 2. The molecule has 1 heterocycles. The van der Waals surface area contributed by atoms with Crippen molar-refractivity contribution in [3.8, 4) is 17.1 Å². The van der Waals surface area contributed by atoms with Gasteiger partial charge in [-0.15, -0.1) is 20.4 Å². The number of methoxy groups -OCH3 is 1. The molecular weight excluding hydrogens is 382 g/mol. The first-order valence-corrected chi connectivity index (χ1v) is 7.68. The molecule has 0 aliphatic carbocycles. The molecule has 0 aliphatic rings. The van der Waals surface area contributed by atoms with E-state index in [9.17, 15) is 0 Å². The Labute approximate surface area is 157 Å². The minimum absolute atomic E-state index is 0. The highest BCUT2D eigenvalue weighted by Gasteiger charge is 2.21. The second-order valence-electron chi connectivity index (χ2n) is 6.05. The van der Waals surface area contributed by atoms with Crippen LogP contribution in [-0.2, 0) is 6.54 Å². The first kappa shape index (κ1) is 19.0. The standard InChI is InChI=1S/C18H20N5O.BrH/c1-23(2,15-7-5-4-6-8-15)13-17-19-21-18(22-20-17)14-9-11-16(24-3)12-10-14;/h4-12H,13H2,1-3H3;1H/q+1;/p-1. The Bertz CT molecular complexity index is 792. The summed E-state index contributed by atoms with van der Waals surface area (Å²) in [5.74, 6) is 1.91. The zero-order valence-electron chi connectivity index (χ0n) is 14.4. The molecule has 0 saturated carbocycles. The second kappa shape index (κ2) is 8.13. The van der Waals surface area contributed by atoms with Gasteiger partial charge in [0.05, 0.1) is 21.2 Å². The Morgan fingerprint density at radius 2 is 1.44 bits per heavy atom. The van der Waals surface area contributed by atoms with E-state index >= 15 is 0 Å². The third kappa shape index (κ3) is 4.58. The van der Waals surface area contributed by atoms with Crippen molar-refractivity contribution in [2.75, 3.05) is 21.2 Å². The lowest BCUT2D eigenvalue weighted by Gasteiger charge is -2.27. The van der Waals surface area contributed by atoms with E-state index in [0.717, 1.165) is 11.3 Å². The molecule has 130 valence electrons. The van der Waals surface area contributed by atoms with E-state index in [1.165, 1.54) is 5.69 Å². The van der Waals surface area contributed by atoms with Gasteiger partial charge in [0.15, 0.2) is 0 Å². The molecule has 3 aromatic rings. The quantitative estimate of drug-likeness (QED) is 0.550. The zero-order chi connectivity index (χ0) is 17.0. The molecule has 2 aromatic carbocycles. The summed E-state index contributed by atoms with van der Waals surface area (Å²) in [6.45, 7) is 0.618. The Hall–Kier alpha value is -2.38. The van der Waals surface area contributed by atoms with Crippen LogP contribution in [0.5, 0.6) is 5.75 Å². The molecule has 25 heavy (non-hydrogen) atoms. The number of ether oxygens (including phenoxy) is 1. The average molecular weight is 402 g/mol. The van der Waals surface area contributed by atoms with Gasteiger partial charge in [-0.1, -0.05) is 18.2 Å². The third-order valence-corrected chi connectivity index (χ3v) is 3.86. The Kier molecular flexibility index (Phi) is 6.17. The van der Waals surface area contributed by atoms with Crippen LogP contribution in [0.25, 0.3) is 11.4 Å². The Morgan fingerprint density at radius 1 is 0.840 bits per heavy atom. The number of rotatable bonds is 5. The maximum Gasteiger partial charge on any atom is 0.227 e. The molecule has 0 radical (unpaired) electrons. The van der Waals surface area contributed by atoms with Crippen molar-refractivity contribution < 1.29 is 21.7 Å². The first-order valence-electron chi connectivity index (χ1n) is 7.68. The van der Waals surface area contributed by atoms with Crippen LogP contribution in [0.1, 0.15) is 5.82 Å². The Morgan fingerprint density at radius 3 is 2.00 bits per heavy atom. The molecule has 0 fully saturated rings. The van der Waals surface area contributed by atoms with Crippen LogP contribution in [0.3, 0.4) is 0 Å². The van der Waals surface area contributed by atoms with Gasteiger partial charge < -0.3 is 21.7 Å². The van der Waals surface area contributed by atoms with Gasteiger partial charge in [0.25, 0.3) is 0 Å². The van der Waals surface area contributed by atoms with Crippen molar-refractivity contribution in [1.29, 1.82) is 0 Å². The van der Waals surface area contributed by atoms with Gasteiger partial charge >= 0.3 is 0 Å². The third-order valence-electron chi connectivity index (χ3n) is 3.86. The van der Waals surface area contributed by atoms with E-state index in [1.807, 2.05) is 42.5 Å². The predicted molar refractivity (Wildman–Crippen MR) is 93.4 cm³/mol. The highest BCUT2D eigenvalue weighted by Crippen LogP contribution is 2.21. The van der Waals surface area contributed by atoms with Crippen LogP contribution >= 0.6 is 0 Å².